The highest BCUT2D eigenvalue weighted by molar-refractivity contribution is 9.10. The number of esters is 1. The lowest BCUT2D eigenvalue weighted by Crippen LogP contribution is -2.32. The maximum atomic E-state index is 12.6. The van der Waals surface area contributed by atoms with Crippen LogP contribution < -0.4 is 15.5 Å². The summed E-state index contributed by atoms with van der Waals surface area (Å²) in [6.45, 7) is 8.02. The number of nitrogens with one attached hydrogen (secondary N) is 2. The van der Waals surface area contributed by atoms with E-state index in [-0.39, 0.29) is 6.61 Å². The minimum Gasteiger partial charge on any atom is -0.489 e. The first-order valence-corrected chi connectivity index (χ1v) is 12.4. The van der Waals surface area contributed by atoms with E-state index in [1.54, 1.807) is 25.1 Å². The smallest absolute Gasteiger partial charge is 0.341 e. The molecule has 3 rings (SSSR count). The Bertz CT molecular complexity index is 1130. The second-order valence-corrected chi connectivity index (χ2v) is 9.73. The van der Waals surface area contributed by atoms with E-state index in [4.69, 9.17) is 9.47 Å². The van der Waals surface area contributed by atoms with Gasteiger partial charge in [0.2, 0.25) is 0 Å². The number of hydrazone groups is 1. The predicted molar refractivity (Wildman–Crippen MR) is 136 cm³/mol. The Balaban J connectivity index is 1.72. The number of hydrogen-bond donors (Lipinski definition) is 2. The van der Waals surface area contributed by atoms with E-state index in [9.17, 15) is 14.4 Å². The quantitative estimate of drug-likeness (QED) is 0.167. The molecule has 10 heteroatoms. The van der Waals surface area contributed by atoms with Gasteiger partial charge in [0.05, 0.1) is 18.4 Å². The lowest BCUT2D eigenvalue weighted by molar-refractivity contribution is -0.136. The van der Waals surface area contributed by atoms with Crippen LogP contribution in [0.5, 0.6) is 5.75 Å². The predicted octanol–water partition coefficient (Wildman–Crippen LogP) is 4.47. The van der Waals surface area contributed by atoms with Crippen LogP contribution in [0.4, 0.5) is 5.00 Å². The SMILES string of the molecule is C=CCOc1ccc(Br)cc1/C=N/NC(=O)C(=O)Nc1sc2c(c1C(=O)OCC)CCC(C)C2. The van der Waals surface area contributed by atoms with Crippen LogP contribution in [0.25, 0.3) is 0 Å². The molecule has 1 aliphatic carbocycles. The van der Waals surface area contributed by atoms with Crippen molar-refractivity contribution in [3.63, 3.8) is 0 Å². The van der Waals surface area contributed by atoms with E-state index in [0.29, 0.717) is 34.4 Å². The van der Waals surface area contributed by atoms with Gasteiger partial charge in [-0.25, -0.2) is 10.2 Å². The lowest BCUT2D eigenvalue weighted by Gasteiger charge is -2.18. The lowest BCUT2D eigenvalue weighted by atomic mass is 9.88. The Morgan fingerprint density at radius 1 is 1.32 bits per heavy atom. The van der Waals surface area contributed by atoms with E-state index in [1.165, 1.54) is 17.6 Å². The molecule has 0 spiro atoms. The third kappa shape index (κ3) is 6.32. The summed E-state index contributed by atoms with van der Waals surface area (Å²) in [7, 11) is 0. The first-order chi connectivity index (χ1) is 16.3. The number of anilines is 1. The average Bonchev–Trinajstić information content (AvgIpc) is 3.15. The van der Waals surface area contributed by atoms with Crippen LogP contribution >= 0.6 is 27.3 Å². The van der Waals surface area contributed by atoms with E-state index >= 15 is 0 Å². The van der Waals surface area contributed by atoms with Crippen LogP contribution in [0.15, 0.2) is 40.4 Å². The van der Waals surface area contributed by atoms with Crippen molar-refractivity contribution in [2.24, 2.45) is 11.0 Å². The molecular formula is C24H26BrN3O5S. The normalized spacial score (nSPS) is 14.9. The first-order valence-electron chi connectivity index (χ1n) is 10.8. The zero-order valence-corrected chi connectivity index (χ0v) is 21.4. The summed E-state index contributed by atoms with van der Waals surface area (Å²) >= 11 is 4.69. The molecule has 1 aromatic carbocycles. The van der Waals surface area contributed by atoms with Crippen molar-refractivity contribution in [1.82, 2.24) is 5.43 Å². The Morgan fingerprint density at radius 2 is 2.12 bits per heavy atom. The third-order valence-corrected chi connectivity index (χ3v) is 6.79. The van der Waals surface area contributed by atoms with Gasteiger partial charge in [0.25, 0.3) is 0 Å². The number of halogens is 1. The monoisotopic (exact) mass is 547 g/mol. The van der Waals surface area contributed by atoms with Gasteiger partial charge in [-0.05, 0) is 55.9 Å². The summed E-state index contributed by atoms with van der Waals surface area (Å²) in [4.78, 5) is 38.5. The molecule has 8 nitrogen and oxygen atoms in total. The Morgan fingerprint density at radius 3 is 2.85 bits per heavy atom. The van der Waals surface area contributed by atoms with Gasteiger partial charge in [-0.15, -0.1) is 11.3 Å². The molecule has 2 N–H and O–H groups in total. The molecule has 0 radical (unpaired) electrons. The number of nitrogens with zero attached hydrogens (tertiary/aromatic N) is 1. The van der Waals surface area contributed by atoms with Gasteiger partial charge >= 0.3 is 17.8 Å². The van der Waals surface area contributed by atoms with Gasteiger partial charge in [0, 0.05) is 14.9 Å². The standard InChI is InChI=1S/C24H26BrN3O5S/c1-4-10-33-18-9-7-16(25)12-15(18)13-26-28-22(30)21(29)27-23-20(24(31)32-5-2)17-8-6-14(3)11-19(17)34-23/h4,7,9,12-14H,1,5-6,8,10-11H2,2-3H3,(H,27,29)(H,28,30)/b26-13+. The fourth-order valence-electron chi connectivity index (χ4n) is 3.53. The highest BCUT2D eigenvalue weighted by atomic mass is 79.9. The zero-order valence-electron chi connectivity index (χ0n) is 19.0. The summed E-state index contributed by atoms with van der Waals surface area (Å²) in [6, 6.07) is 5.32. The van der Waals surface area contributed by atoms with Gasteiger partial charge in [0.15, 0.2) is 0 Å². The number of amides is 2. The van der Waals surface area contributed by atoms with Gasteiger partial charge in [-0.3, -0.25) is 9.59 Å². The van der Waals surface area contributed by atoms with Crippen LogP contribution in [0.2, 0.25) is 0 Å². The minimum atomic E-state index is -0.964. The topological polar surface area (TPSA) is 106 Å². The van der Waals surface area contributed by atoms with Gasteiger partial charge in [-0.2, -0.15) is 5.10 Å². The zero-order chi connectivity index (χ0) is 24.7. The summed E-state index contributed by atoms with van der Waals surface area (Å²) in [5, 5.41) is 6.77. The van der Waals surface area contributed by atoms with Crippen molar-refractivity contribution in [3.8, 4) is 5.75 Å². The molecule has 0 saturated carbocycles. The second-order valence-electron chi connectivity index (χ2n) is 7.71. The minimum absolute atomic E-state index is 0.219. The molecule has 1 atom stereocenters. The van der Waals surface area contributed by atoms with Crippen molar-refractivity contribution in [2.45, 2.75) is 33.1 Å². The largest absolute Gasteiger partial charge is 0.489 e. The van der Waals surface area contributed by atoms with E-state index in [0.717, 1.165) is 34.2 Å². The molecule has 2 amide bonds. The van der Waals surface area contributed by atoms with E-state index < -0.39 is 17.8 Å². The number of carbonyl (C=O) groups excluding carboxylic acids is 3. The number of benzene rings is 1. The Hall–Kier alpha value is -2.98. The van der Waals surface area contributed by atoms with Crippen LogP contribution in [-0.2, 0) is 27.2 Å². The molecule has 180 valence electrons. The number of fused-ring (bicyclic) bond motifs is 1. The average molecular weight is 548 g/mol. The first kappa shape index (κ1) is 25.6. The molecule has 1 heterocycles. The molecule has 1 unspecified atom stereocenters. The van der Waals surface area contributed by atoms with E-state index in [1.807, 2.05) is 6.07 Å². The van der Waals surface area contributed by atoms with Crippen molar-refractivity contribution in [3.05, 3.63) is 56.9 Å². The molecule has 0 aliphatic heterocycles. The van der Waals surface area contributed by atoms with Crippen LogP contribution in [0, 0.1) is 5.92 Å². The van der Waals surface area contributed by atoms with Crippen LogP contribution in [0.1, 0.15) is 46.6 Å². The van der Waals surface area contributed by atoms with Gasteiger partial charge < -0.3 is 14.8 Å². The molecule has 2 aromatic rings. The van der Waals surface area contributed by atoms with Crippen molar-refractivity contribution < 1.29 is 23.9 Å². The molecule has 0 fully saturated rings. The van der Waals surface area contributed by atoms with Gasteiger partial charge in [0.1, 0.15) is 17.4 Å². The molecule has 0 saturated heterocycles. The van der Waals surface area contributed by atoms with Crippen molar-refractivity contribution in [2.75, 3.05) is 18.5 Å². The fourth-order valence-corrected chi connectivity index (χ4v) is 5.30. The number of ether oxygens (including phenoxy) is 2. The second kappa shape index (κ2) is 11.9. The molecule has 34 heavy (non-hydrogen) atoms. The van der Waals surface area contributed by atoms with Crippen molar-refractivity contribution >= 4 is 56.3 Å². The summed E-state index contributed by atoms with van der Waals surface area (Å²) in [6.07, 6.45) is 5.50. The molecule has 0 bridgehead atoms. The third-order valence-electron chi connectivity index (χ3n) is 5.12. The van der Waals surface area contributed by atoms with Crippen molar-refractivity contribution in [1.29, 1.82) is 0 Å². The Labute approximate surface area is 210 Å². The van der Waals surface area contributed by atoms with Gasteiger partial charge in [-0.1, -0.05) is 35.5 Å². The van der Waals surface area contributed by atoms with E-state index in [2.05, 4.69) is 45.3 Å². The summed E-state index contributed by atoms with van der Waals surface area (Å²) in [5.74, 6) is -1.35. The maximum absolute atomic E-state index is 12.6. The number of rotatable bonds is 8. The number of carbonyl (C=O) groups is 3. The Kier molecular flexibility index (Phi) is 9.00. The summed E-state index contributed by atoms with van der Waals surface area (Å²) < 4.78 is 11.6. The molecular weight excluding hydrogens is 522 g/mol. The fraction of sp³-hybridized carbons (Fsp3) is 0.333. The van der Waals surface area contributed by atoms with Crippen LogP contribution in [-0.4, -0.2) is 37.2 Å². The molecule has 1 aromatic heterocycles. The number of thiophene rings is 1. The maximum Gasteiger partial charge on any atom is 0.341 e. The van der Waals surface area contributed by atoms with Crippen LogP contribution in [0.3, 0.4) is 0 Å². The highest BCUT2D eigenvalue weighted by Gasteiger charge is 2.30. The summed E-state index contributed by atoms with van der Waals surface area (Å²) in [5.41, 5.74) is 4.06. The number of hydrogen-bond acceptors (Lipinski definition) is 7. The molecule has 1 aliphatic rings. The highest BCUT2D eigenvalue weighted by Crippen LogP contribution is 2.40.